The summed E-state index contributed by atoms with van der Waals surface area (Å²) in [6, 6.07) is 5.31. The standard InChI is InChI=1S/C15H19ClN2O2S/c1-9(15(19)18-10-4-2-3-5-10)20-11-6-7-12(14(17)21)13(16)8-11/h6-10H,2-5H2,1H3,(H2,17,21)(H,18,19). The molecule has 1 aromatic carbocycles. The van der Waals surface area contributed by atoms with Crippen molar-refractivity contribution >= 4 is 34.7 Å². The van der Waals surface area contributed by atoms with Gasteiger partial charge in [-0.2, -0.15) is 0 Å². The number of rotatable bonds is 5. The van der Waals surface area contributed by atoms with Crippen LogP contribution in [-0.2, 0) is 4.79 Å². The summed E-state index contributed by atoms with van der Waals surface area (Å²) >= 11 is 11.0. The number of benzene rings is 1. The quantitative estimate of drug-likeness (QED) is 0.817. The highest BCUT2D eigenvalue weighted by Crippen LogP contribution is 2.23. The molecule has 0 aromatic heterocycles. The van der Waals surface area contributed by atoms with Crippen LogP contribution in [0.1, 0.15) is 38.2 Å². The lowest BCUT2D eigenvalue weighted by atomic mass is 10.2. The molecule has 0 bridgehead atoms. The van der Waals surface area contributed by atoms with Crippen LogP contribution in [0.15, 0.2) is 18.2 Å². The van der Waals surface area contributed by atoms with Gasteiger partial charge in [-0.15, -0.1) is 0 Å². The highest BCUT2D eigenvalue weighted by molar-refractivity contribution is 7.80. The molecule has 1 fully saturated rings. The average Bonchev–Trinajstić information content (AvgIpc) is 2.91. The van der Waals surface area contributed by atoms with Crippen molar-refractivity contribution in [3.05, 3.63) is 28.8 Å². The number of thiocarbonyl (C=S) groups is 1. The Morgan fingerprint density at radius 2 is 2.14 bits per heavy atom. The van der Waals surface area contributed by atoms with Crippen molar-refractivity contribution in [2.75, 3.05) is 0 Å². The number of hydrogen-bond acceptors (Lipinski definition) is 3. The van der Waals surface area contributed by atoms with Gasteiger partial charge in [0.1, 0.15) is 10.7 Å². The first-order chi connectivity index (χ1) is 9.97. The van der Waals surface area contributed by atoms with Crippen LogP contribution in [0.5, 0.6) is 5.75 Å². The van der Waals surface area contributed by atoms with Crippen LogP contribution < -0.4 is 15.8 Å². The monoisotopic (exact) mass is 326 g/mol. The van der Waals surface area contributed by atoms with Gasteiger partial charge >= 0.3 is 0 Å². The lowest BCUT2D eigenvalue weighted by Crippen LogP contribution is -2.41. The zero-order chi connectivity index (χ0) is 15.4. The van der Waals surface area contributed by atoms with Gasteiger partial charge in [0.2, 0.25) is 0 Å². The fourth-order valence-electron chi connectivity index (χ4n) is 2.42. The number of carbonyl (C=O) groups excluding carboxylic acids is 1. The van der Waals surface area contributed by atoms with E-state index in [9.17, 15) is 4.79 Å². The minimum Gasteiger partial charge on any atom is -0.481 e. The molecular weight excluding hydrogens is 308 g/mol. The second-order valence-corrected chi connectivity index (χ2v) is 6.10. The molecule has 1 atom stereocenters. The Labute approximate surface area is 135 Å². The second kappa shape index (κ2) is 7.09. The van der Waals surface area contributed by atoms with Crippen LogP contribution in [0.25, 0.3) is 0 Å². The van der Waals surface area contributed by atoms with E-state index in [1.54, 1.807) is 25.1 Å². The Kier molecular flexibility index (Phi) is 5.42. The molecule has 1 amide bonds. The molecule has 1 saturated carbocycles. The third kappa shape index (κ3) is 4.32. The van der Waals surface area contributed by atoms with Gasteiger partial charge in [0, 0.05) is 11.6 Å². The van der Waals surface area contributed by atoms with E-state index < -0.39 is 6.10 Å². The summed E-state index contributed by atoms with van der Waals surface area (Å²) in [6.07, 6.45) is 3.88. The maximum atomic E-state index is 12.1. The van der Waals surface area contributed by atoms with E-state index in [2.05, 4.69) is 5.32 Å². The molecule has 1 aliphatic carbocycles. The molecule has 0 radical (unpaired) electrons. The molecule has 0 spiro atoms. The van der Waals surface area contributed by atoms with Gasteiger partial charge in [-0.05, 0) is 38.0 Å². The normalized spacial score (nSPS) is 16.5. The van der Waals surface area contributed by atoms with E-state index in [0.29, 0.717) is 16.3 Å². The molecule has 1 unspecified atom stereocenters. The zero-order valence-electron chi connectivity index (χ0n) is 11.9. The van der Waals surface area contributed by atoms with Crippen molar-refractivity contribution in [1.29, 1.82) is 0 Å². The van der Waals surface area contributed by atoms with E-state index in [1.807, 2.05) is 0 Å². The highest BCUT2D eigenvalue weighted by Gasteiger charge is 2.21. The molecule has 3 N–H and O–H groups in total. The number of hydrogen-bond donors (Lipinski definition) is 2. The fourth-order valence-corrected chi connectivity index (χ4v) is 2.92. The van der Waals surface area contributed by atoms with Crippen molar-refractivity contribution in [3.63, 3.8) is 0 Å². The number of nitrogens with one attached hydrogen (secondary N) is 1. The molecule has 1 aliphatic rings. The Morgan fingerprint density at radius 3 is 2.71 bits per heavy atom. The lowest BCUT2D eigenvalue weighted by Gasteiger charge is -2.18. The maximum Gasteiger partial charge on any atom is 0.260 e. The summed E-state index contributed by atoms with van der Waals surface area (Å²) in [7, 11) is 0. The van der Waals surface area contributed by atoms with Crippen LogP contribution in [0.3, 0.4) is 0 Å². The van der Waals surface area contributed by atoms with Gasteiger partial charge in [0.25, 0.3) is 5.91 Å². The second-order valence-electron chi connectivity index (χ2n) is 5.26. The van der Waals surface area contributed by atoms with Crippen LogP contribution in [-0.4, -0.2) is 23.0 Å². The zero-order valence-corrected chi connectivity index (χ0v) is 13.5. The van der Waals surface area contributed by atoms with E-state index >= 15 is 0 Å². The third-order valence-electron chi connectivity index (χ3n) is 3.59. The minimum atomic E-state index is -0.572. The van der Waals surface area contributed by atoms with Crippen molar-refractivity contribution in [3.8, 4) is 5.75 Å². The van der Waals surface area contributed by atoms with Crippen LogP contribution in [0.4, 0.5) is 0 Å². The van der Waals surface area contributed by atoms with Gasteiger partial charge in [-0.1, -0.05) is 36.7 Å². The van der Waals surface area contributed by atoms with E-state index in [0.717, 1.165) is 12.8 Å². The van der Waals surface area contributed by atoms with Crippen LogP contribution >= 0.6 is 23.8 Å². The molecule has 2 rings (SSSR count). The summed E-state index contributed by atoms with van der Waals surface area (Å²) < 4.78 is 5.62. The molecule has 0 saturated heterocycles. The number of nitrogens with two attached hydrogens (primary N) is 1. The molecule has 6 heteroatoms. The van der Waals surface area contributed by atoms with Crippen molar-refractivity contribution in [2.45, 2.75) is 44.8 Å². The minimum absolute atomic E-state index is 0.101. The predicted octanol–water partition coefficient (Wildman–Crippen LogP) is 2.80. The Hall–Kier alpha value is -1.33. The summed E-state index contributed by atoms with van der Waals surface area (Å²) in [5.41, 5.74) is 6.15. The highest BCUT2D eigenvalue weighted by atomic mass is 35.5. The van der Waals surface area contributed by atoms with E-state index in [4.69, 9.17) is 34.3 Å². The summed E-state index contributed by atoms with van der Waals surface area (Å²) in [6.45, 7) is 1.72. The van der Waals surface area contributed by atoms with Crippen LogP contribution in [0.2, 0.25) is 5.02 Å². The predicted molar refractivity (Wildman–Crippen MR) is 87.8 cm³/mol. The Morgan fingerprint density at radius 1 is 1.48 bits per heavy atom. The van der Waals surface area contributed by atoms with Crippen molar-refractivity contribution in [2.24, 2.45) is 5.73 Å². The number of ether oxygens (including phenoxy) is 1. The Balaban J connectivity index is 1.95. The van der Waals surface area contributed by atoms with Crippen molar-refractivity contribution < 1.29 is 9.53 Å². The van der Waals surface area contributed by atoms with Gasteiger partial charge in [-0.3, -0.25) is 4.79 Å². The molecule has 21 heavy (non-hydrogen) atoms. The van der Waals surface area contributed by atoms with E-state index in [-0.39, 0.29) is 16.9 Å². The topological polar surface area (TPSA) is 64.3 Å². The number of amides is 1. The van der Waals surface area contributed by atoms with Gasteiger partial charge in [-0.25, -0.2) is 0 Å². The largest absolute Gasteiger partial charge is 0.481 e. The smallest absolute Gasteiger partial charge is 0.260 e. The molecule has 0 heterocycles. The molecule has 114 valence electrons. The fraction of sp³-hybridized carbons (Fsp3) is 0.467. The lowest BCUT2D eigenvalue weighted by molar-refractivity contribution is -0.127. The third-order valence-corrected chi connectivity index (χ3v) is 4.12. The van der Waals surface area contributed by atoms with Gasteiger partial charge in [0.15, 0.2) is 6.10 Å². The average molecular weight is 327 g/mol. The molecular formula is C15H19ClN2O2S. The first-order valence-corrected chi connectivity index (χ1v) is 7.82. The molecule has 0 aliphatic heterocycles. The van der Waals surface area contributed by atoms with E-state index in [1.165, 1.54) is 12.8 Å². The van der Waals surface area contributed by atoms with Crippen LogP contribution in [0, 0.1) is 0 Å². The van der Waals surface area contributed by atoms with Gasteiger partial charge in [0.05, 0.1) is 5.02 Å². The Bertz CT molecular complexity index is 544. The summed E-state index contributed by atoms with van der Waals surface area (Å²) in [5.74, 6) is 0.422. The SMILES string of the molecule is CC(Oc1ccc(C(N)=S)c(Cl)c1)C(=O)NC1CCCC1. The first kappa shape index (κ1) is 16.0. The molecule has 4 nitrogen and oxygen atoms in total. The first-order valence-electron chi connectivity index (χ1n) is 7.03. The van der Waals surface area contributed by atoms with Gasteiger partial charge < -0.3 is 15.8 Å². The number of halogens is 1. The summed E-state index contributed by atoms with van der Waals surface area (Å²) in [5, 5.41) is 3.43. The number of carbonyl (C=O) groups is 1. The molecule has 1 aromatic rings. The maximum absolute atomic E-state index is 12.1. The van der Waals surface area contributed by atoms with Crippen molar-refractivity contribution in [1.82, 2.24) is 5.32 Å². The summed E-state index contributed by atoms with van der Waals surface area (Å²) in [4.78, 5) is 12.3.